The van der Waals surface area contributed by atoms with Crippen LogP contribution in [-0.2, 0) is 5.41 Å². The highest BCUT2D eigenvalue weighted by atomic mass is 16.6. The van der Waals surface area contributed by atoms with E-state index in [1.165, 1.54) is 99.6 Å². The van der Waals surface area contributed by atoms with Gasteiger partial charge in [0, 0.05) is 29.7 Å². The molecule has 2 aliphatic rings. The highest BCUT2D eigenvalue weighted by Gasteiger charge is 2.41. The lowest BCUT2D eigenvalue weighted by atomic mass is 9.60. The van der Waals surface area contributed by atoms with Crippen molar-refractivity contribution in [2.45, 2.75) is 89.4 Å². The SMILES string of the molecule is CCCCCC1CCC(C2CCC(c3ccc(Oc4ccc([N+](=O)[O-])cc4)cc3)(c3ccc(Oc4ccc([N+](=O)[O-])cc4)cc3)CC2)CC1. The summed E-state index contributed by atoms with van der Waals surface area (Å²) in [5.41, 5.74) is 2.43. The van der Waals surface area contributed by atoms with Gasteiger partial charge in [0.25, 0.3) is 11.4 Å². The molecule has 49 heavy (non-hydrogen) atoms. The molecule has 2 saturated carbocycles. The fourth-order valence-electron chi connectivity index (χ4n) is 8.21. The molecule has 8 nitrogen and oxygen atoms in total. The van der Waals surface area contributed by atoms with Gasteiger partial charge in [-0.2, -0.15) is 0 Å². The summed E-state index contributed by atoms with van der Waals surface area (Å²) < 4.78 is 12.1. The molecule has 0 N–H and O–H groups in total. The molecule has 4 aromatic carbocycles. The Kier molecular flexibility index (Phi) is 10.9. The van der Waals surface area contributed by atoms with E-state index in [1.54, 1.807) is 24.3 Å². The number of rotatable bonds is 13. The average molecular weight is 663 g/mol. The van der Waals surface area contributed by atoms with Gasteiger partial charge in [0.05, 0.1) is 9.85 Å². The van der Waals surface area contributed by atoms with Crippen LogP contribution in [0.4, 0.5) is 11.4 Å². The molecule has 2 aliphatic carbocycles. The van der Waals surface area contributed by atoms with Gasteiger partial charge in [0.15, 0.2) is 0 Å². The van der Waals surface area contributed by atoms with E-state index >= 15 is 0 Å². The first-order valence-corrected chi connectivity index (χ1v) is 17.9. The number of unbranched alkanes of at least 4 members (excludes halogenated alkanes) is 2. The molecule has 0 aromatic heterocycles. The van der Waals surface area contributed by atoms with Crippen LogP contribution in [0.3, 0.4) is 0 Å². The van der Waals surface area contributed by atoms with Crippen molar-refractivity contribution in [3.63, 3.8) is 0 Å². The highest BCUT2D eigenvalue weighted by molar-refractivity contribution is 5.46. The van der Waals surface area contributed by atoms with E-state index in [1.807, 2.05) is 24.3 Å². The lowest BCUT2D eigenvalue weighted by Crippen LogP contribution is -2.35. The zero-order chi connectivity index (χ0) is 34.2. The minimum atomic E-state index is -0.416. The molecule has 0 amide bonds. The maximum Gasteiger partial charge on any atom is 0.269 e. The second-order valence-corrected chi connectivity index (χ2v) is 14.0. The van der Waals surface area contributed by atoms with Gasteiger partial charge in [0.1, 0.15) is 23.0 Å². The van der Waals surface area contributed by atoms with Gasteiger partial charge in [-0.1, -0.05) is 69.7 Å². The molecular weight excluding hydrogens is 616 g/mol. The van der Waals surface area contributed by atoms with Crippen LogP contribution in [0.5, 0.6) is 23.0 Å². The molecule has 8 heteroatoms. The smallest absolute Gasteiger partial charge is 0.269 e. The van der Waals surface area contributed by atoms with Crippen molar-refractivity contribution in [2.75, 3.05) is 0 Å². The Labute approximate surface area is 288 Å². The fraction of sp³-hybridized carbons (Fsp3) is 0.415. The number of ether oxygens (including phenoxy) is 2. The van der Waals surface area contributed by atoms with Crippen molar-refractivity contribution in [1.82, 2.24) is 0 Å². The van der Waals surface area contributed by atoms with Crippen LogP contribution in [0, 0.1) is 38.0 Å². The first kappa shape index (κ1) is 34.2. The first-order valence-electron chi connectivity index (χ1n) is 17.9. The fourth-order valence-corrected chi connectivity index (χ4v) is 8.21. The summed E-state index contributed by atoms with van der Waals surface area (Å²) in [6.45, 7) is 2.29. The Hall–Kier alpha value is -4.72. The molecule has 0 unspecified atom stereocenters. The summed E-state index contributed by atoms with van der Waals surface area (Å²) in [6.07, 6.45) is 15.5. The summed E-state index contributed by atoms with van der Waals surface area (Å²) in [6, 6.07) is 28.9. The summed E-state index contributed by atoms with van der Waals surface area (Å²) in [7, 11) is 0. The van der Waals surface area contributed by atoms with Gasteiger partial charge in [-0.15, -0.1) is 0 Å². The number of nitro benzene ring substituents is 2. The predicted molar refractivity (Wildman–Crippen MR) is 192 cm³/mol. The van der Waals surface area contributed by atoms with Crippen molar-refractivity contribution >= 4 is 11.4 Å². The third-order valence-corrected chi connectivity index (χ3v) is 11.0. The normalized spacial score (nSPS) is 19.2. The van der Waals surface area contributed by atoms with Gasteiger partial charge < -0.3 is 9.47 Å². The van der Waals surface area contributed by atoms with Crippen LogP contribution in [0.25, 0.3) is 0 Å². The molecule has 4 aromatic rings. The van der Waals surface area contributed by atoms with Gasteiger partial charge in [-0.3, -0.25) is 20.2 Å². The topological polar surface area (TPSA) is 105 Å². The van der Waals surface area contributed by atoms with E-state index in [-0.39, 0.29) is 16.8 Å². The van der Waals surface area contributed by atoms with Crippen LogP contribution < -0.4 is 9.47 Å². The standard InChI is InChI=1S/C41H46N2O6/c1-2-3-4-5-30-6-8-31(9-7-30)32-26-28-41(29-27-32,33-10-18-37(19-11-33)48-39-22-14-35(15-23-39)42(44)45)34-12-20-38(21-13-34)49-40-24-16-36(17-25-40)43(46)47/h10-25,30-32H,2-9,26-29H2,1H3. The summed E-state index contributed by atoms with van der Waals surface area (Å²) in [4.78, 5) is 21.3. The summed E-state index contributed by atoms with van der Waals surface area (Å²) in [5, 5.41) is 22.1. The first-order chi connectivity index (χ1) is 23.8. The molecule has 0 atom stereocenters. The third-order valence-electron chi connectivity index (χ3n) is 11.0. The van der Waals surface area contributed by atoms with Gasteiger partial charge in [0.2, 0.25) is 0 Å². The number of nitrogens with zero attached hydrogens (tertiary/aromatic N) is 2. The maximum atomic E-state index is 11.0. The number of nitro groups is 2. The molecule has 0 aliphatic heterocycles. The Morgan fingerprint density at radius 1 is 0.571 bits per heavy atom. The largest absolute Gasteiger partial charge is 0.457 e. The number of benzene rings is 4. The molecule has 0 radical (unpaired) electrons. The van der Waals surface area contributed by atoms with Crippen LogP contribution in [-0.4, -0.2) is 9.85 Å². The van der Waals surface area contributed by atoms with E-state index in [9.17, 15) is 20.2 Å². The quantitative estimate of drug-likeness (QED) is 0.0801. The molecule has 256 valence electrons. The lowest BCUT2D eigenvalue weighted by Gasteiger charge is -2.44. The Morgan fingerprint density at radius 2 is 0.959 bits per heavy atom. The Balaban J connectivity index is 1.18. The molecule has 0 spiro atoms. The van der Waals surface area contributed by atoms with Crippen LogP contribution in [0.15, 0.2) is 97.1 Å². The van der Waals surface area contributed by atoms with E-state index in [2.05, 4.69) is 31.2 Å². The zero-order valence-corrected chi connectivity index (χ0v) is 28.3. The van der Waals surface area contributed by atoms with Crippen molar-refractivity contribution in [2.24, 2.45) is 17.8 Å². The number of non-ortho nitro benzene ring substituents is 2. The van der Waals surface area contributed by atoms with E-state index in [0.29, 0.717) is 23.0 Å². The van der Waals surface area contributed by atoms with Gasteiger partial charge in [-0.05, 0) is 116 Å². The molecular formula is C41H46N2O6. The summed E-state index contributed by atoms with van der Waals surface area (Å²) in [5.74, 6) is 4.99. The Morgan fingerprint density at radius 3 is 1.35 bits per heavy atom. The molecule has 0 heterocycles. The average Bonchev–Trinajstić information content (AvgIpc) is 3.13. The van der Waals surface area contributed by atoms with Crippen molar-refractivity contribution in [3.05, 3.63) is 128 Å². The van der Waals surface area contributed by atoms with Gasteiger partial charge >= 0.3 is 0 Å². The van der Waals surface area contributed by atoms with E-state index in [4.69, 9.17) is 9.47 Å². The predicted octanol–water partition coefficient (Wildman–Crippen LogP) is 12.0. The number of hydrogen-bond acceptors (Lipinski definition) is 6. The lowest BCUT2D eigenvalue weighted by molar-refractivity contribution is -0.385. The monoisotopic (exact) mass is 662 g/mol. The van der Waals surface area contributed by atoms with Crippen LogP contribution >= 0.6 is 0 Å². The molecule has 2 fully saturated rings. The zero-order valence-electron chi connectivity index (χ0n) is 28.3. The molecule has 0 saturated heterocycles. The van der Waals surface area contributed by atoms with Gasteiger partial charge in [-0.25, -0.2) is 0 Å². The number of hydrogen-bond donors (Lipinski definition) is 0. The van der Waals surface area contributed by atoms with Crippen LogP contribution in [0.1, 0.15) is 95.1 Å². The van der Waals surface area contributed by atoms with Crippen LogP contribution in [0.2, 0.25) is 0 Å². The van der Waals surface area contributed by atoms with E-state index in [0.717, 1.165) is 30.6 Å². The minimum absolute atomic E-state index is 0.0319. The van der Waals surface area contributed by atoms with Crippen molar-refractivity contribution < 1.29 is 19.3 Å². The second-order valence-electron chi connectivity index (χ2n) is 14.0. The second kappa shape index (κ2) is 15.7. The molecule has 6 rings (SSSR count). The van der Waals surface area contributed by atoms with Crippen molar-refractivity contribution in [3.8, 4) is 23.0 Å². The molecule has 0 bridgehead atoms. The van der Waals surface area contributed by atoms with E-state index < -0.39 is 9.85 Å². The maximum absolute atomic E-state index is 11.0. The van der Waals surface area contributed by atoms with Crippen molar-refractivity contribution in [1.29, 1.82) is 0 Å². The highest BCUT2D eigenvalue weighted by Crippen LogP contribution is 2.51. The third kappa shape index (κ3) is 8.30. The Bertz CT molecular complexity index is 1570. The minimum Gasteiger partial charge on any atom is -0.457 e. The summed E-state index contributed by atoms with van der Waals surface area (Å²) >= 11 is 0.